The maximum absolute atomic E-state index is 9.04. The first kappa shape index (κ1) is 13.9. The highest BCUT2D eigenvalue weighted by Gasteiger charge is 2.09. The summed E-state index contributed by atoms with van der Waals surface area (Å²) in [5.74, 6) is 0.825. The molecular weight excluding hydrogens is 218 g/mol. The van der Waals surface area contributed by atoms with Gasteiger partial charge in [-0.2, -0.15) is 0 Å². The Morgan fingerprint density at radius 1 is 1.53 bits per heavy atom. The molecular formula is C12H21N3O2. The lowest BCUT2D eigenvalue weighted by atomic mass is 10.1. The Morgan fingerprint density at radius 2 is 2.29 bits per heavy atom. The summed E-state index contributed by atoms with van der Waals surface area (Å²) in [7, 11) is 1.66. The average molecular weight is 239 g/mol. The van der Waals surface area contributed by atoms with Crippen molar-refractivity contribution < 1.29 is 9.84 Å². The van der Waals surface area contributed by atoms with Crippen LogP contribution in [0.25, 0.3) is 0 Å². The van der Waals surface area contributed by atoms with Gasteiger partial charge in [-0.15, -0.1) is 0 Å². The number of aliphatic hydroxyl groups excluding tert-OH is 1. The fourth-order valence-corrected chi connectivity index (χ4v) is 1.55. The number of nitrogens with two attached hydrogens (primary N) is 1. The normalized spacial score (nSPS) is 12.5. The lowest BCUT2D eigenvalue weighted by Gasteiger charge is -2.23. The lowest BCUT2D eigenvalue weighted by Crippen LogP contribution is -2.31. The zero-order valence-corrected chi connectivity index (χ0v) is 10.5. The van der Waals surface area contributed by atoms with Crippen molar-refractivity contribution in [3.8, 4) is 0 Å². The van der Waals surface area contributed by atoms with Gasteiger partial charge in [-0.3, -0.25) is 0 Å². The SMILES string of the molecule is COCCN(CCO)c1cc(C(C)N)ccn1. The summed E-state index contributed by atoms with van der Waals surface area (Å²) in [6.45, 7) is 3.87. The number of ether oxygens (including phenoxy) is 1. The Hall–Kier alpha value is -1.17. The van der Waals surface area contributed by atoms with Crippen molar-refractivity contribution in [3.05, 3.63) is 23.9 Å². The Bertz CT molecular complexity index is 331. The molecule has 0 aromatic carbocycles. The van der Waals surface area contributed by atoms with Crippen LogP contribution in [0.3, 0.4) is 0 Å². The second-order valence-corrected chi connectivity index (χ2v) is 3.94. The zero-order chi connectivity index (χ0) is 12.7. The molecule has 0 saturated carbocycles. The predicted molar refractivity (Wildman–Crippen MR) is 68.0 cm³/mol. The second kappa shape index (κ2) is 7.21. The summed E-state index contributed by atoms with van der Waals surface area (Å²) in [5.41, 5.74) is 6.87. The predicted octanol–water partition coefficient (Wildman–Crippen LogP) is 0.546. The van der Waals surface area contributed by atoms with E-state index in [1.54, 1.807) is 13.3 Å². The Balaban J connectivity index is 2.81. The number of nitrogens with zero attached hydrogens (tertiary/aromatic N) is 2. The van der Waals surface area contributed by atoms with Gasteiger partial charge in [0.2, 0.25) is 0 Å². The van der Waals surface area contributed by atoms with E-state index in [1.807, 2.05) is 24.0 Å². The van der Waals surface area contributed by atoms with Crippen LogP contribution in [0, 0.1) is 0 Å². The standard InChI is InChI=1S/C12H21N3O2/c1-10(13)11-3-4-14-12(9-11)15(5-7-16)6-8-17-2/h3-4,9-10,16H,5-8,13H2,1-2H3. The molecule has 0 bridgehead atoms. The summed E-state index contributed by atoms with van der Waals surface area (Å²) in [6.07, 6.45) is 1.74. The summed E-state index contributed by atoms with van der Waals surface area (Å²) in [5, 5.41) is 9.04. The molecule has 0 aliphatic rings. The lowest BCUT2D eigenvalue weighted by molar-refractivity contribution is 0.202. The second-order valence-electron chi connectivity index (χ2n) is 3.94. The van der Waals surface area contributed by atoms with E-state index in [-0.39, 0.29) is 12.6 Å². The molecule has 1 heterocycles. The third-order valence-electron chi connectivity index (χ3n) is 2.55. The van der Waals surface area contributed by atoms with Crippen LogP contribution >= 0.6 is 0 Å². The van der Waals surface area contributed by atoms with Crippen LogP contribution in [0.4, 0.5) is 5.82 Å². The fourth-order valence-electron chi connectivity index (χ4n) is 1.55. The van der Waals surface area contributed by atoms with Gasteiger partial charge in [0.25, 0.3) is 0 Å². The minimum atomic E-state index is -0.0184. The number of methoxy groups -OCH3 is 1. The molecule has 96 valence electrons. The Kier molecular flexibility index (Phi) is 5.90. The van der Waals surface area contributed by atoms with Gasteiger partial charge >= 0.3 is 0 Å². The molecule has 1 atom stereocenters. The molecule has 1 unspecified atom stereocenters. The average Bonchev–Trinajstić information content (AvgIpc) is 2.34. The van der Waals surface area contributed by atoms with Crippen molar-refractivity contribution >= 4 is 5.82 Å². The van der Waals surface area contributed by atoms with Gasteiger partial charge in [-0.1, -0.05) is 0 Å². The van der Waals surface area contributed by atoms with Crippen LogP contribution in [-0.4, -0.2) is 43.5 Å². The molecule has 0 aliphatic heterocycles. The van der Waals surface area contributed by atoms with Gasteiger partial charge in [0.1, 0.15) is 5.82 Å². The van der Waals surface area contributed by atoms with E-state index in [1.165, 1.54) is 0 Å². The summed E-state index contributed by atoms with van der Waals surface area (Å²) in [4.78, 5) is 6.28. The topological polar surface area (TPSA) is 71.6 Å². The van der Waals surface area contributed by atoms with Crippen molar-refractivity contribution in [2.45, 2.75) is 13.0 Å². The molecule has 1 aromatic rings. The molecule has 0 spiro atoms. The van der Waals surface area contributed by atoms with Gasteiger partial charge in [0.05, 0.1) is 13.2 Å². The van der Waals surface area contributed by atoms with Crippen molar-refractivity contribution in [1.82, 2.24) is 4.98 Å². The summed E-state index contributed by atoms with van der Waals surface area (Å²) in [6, 6.07) is 3.84. The smallest absolute Gasteiger partial charge is 0.128 e. The number of aromatic nitrogens is 1. The number of aliphatic hydroxyl groups is 1. The van der Waals surface area contributed by atoms with E-state index in [0.29, 0.717) is 19.7 Å². The molecule has 1 rings (SSSR count). The quantitative estimate of drug-likeness (QED) is 0.727. The molecule has 0 aliphatic carbocycles. The summed E-state index contributed by atoms with van der Waals surface area (Å²) >= 11 is 0. The first-order chi connectivity index (χ1) is 8.19. The monoisotopic (exact) mass is 239 g/mol. The minimum Gasteiger partial charge on any atom is -0.395 e. The van der Waals surface area contributed by atoms with Crippen molar-refractivity contribution in [3.63, 3.8) is 0 Å². The highest BCUT2D eigenvalue weighted by atomic mass is 16.5. The maximum atomic E-state index is 9.04. The van der Waals surface area contributed by atoms with Crippen molar-refractivity contribution in [2.24, 2.45) is 5.73 Å². The molecule has 0 fully saturated rings. The zero-order valence-electron chi connectivity index (χ0n) is 10.5. The fraction of sp³-hybridized carbons (Fsp3) is 0.583. The van der Waals surface area contributed by atoms with Crippen molar-refractivity contribution in [2.75, 3.05) is 38.3 Å². The third kappa shape index (κ3) is 4.30. The Labute approximate surface area is 102 Å². The van der Waals surface area contributed by atoms with Crippen LogP contribution in [0.2, 0.25) is 0 Å². The molecule has 0 saturated heterocycles. The van der Waals surface area contributed by atoms with Crippen LogP contribution < -0.4 is 10.6 Å². The molecule has 1 aromatic heterocycles. The number of hydrogen-bond acceptors (Lipinski definition) is 5. The number of hydrogen-bond donors (Lipinski definition) is 2. The Morgan fingerprint density at radius 3 is 2.88 bits per heavy atom. The van der Waals surface area contributed by atoms with Crippen LogP contribution in [-0.2, 0) is 4.74 Å². The number of anilines is 1. The molecule has 0 radical (unpaired) electrons. The van der Waals surface area contributed by atoms with Crippen molar-refractivity contribution in [1.29, 1.82) is 0 Å². The molecule has 3 N–H and O–H groups in total. The van der Waals surface area contributed by atoms with E-state index in [0.717, 1.165) is 11.4 Å². The highest BCUT2D eigenvalue weighted by molar-refractivity contribution is 5.41. The molecule has 5 nitrogen and oxygen atoms in total. The first-order valence-electron chi connectivity index (χ1n) is 5.75. The number of pyridine rings is 1. The number of rotatable bonds is 7. The van der Waals surface area contributed by atoms with E-state index >= 15 is 0 Å². The van der Waals surface area contributed by atoms with E-state index < -0.39 is 0 Å². The largest absolute Gasteiger partial charge is 0.395 e. The van der Waals surface area contributed by atoms with Crippen LogP contribution in [0.1, 0.15) is 18.5 Å². The van der Waals surface area contributed by atoms with Crippen LogP contribution in [0.5, 0.6) is 0 Å². The van der Waals surface area contributed by atoms with Gasteiger partial charge in [-0.05, 0) is 24.6 Å². The molecule has 17 heavy (non-hydrogen) atoms. The molecule has 0 amide bonds. The first-order valence-corrected chi connectivity index (χ1v) is 5.75. The minimum absolute atomic E-state index is 0.0184. The van der Waals surface area contributed by atoms with E-state index in [4.69, 9.17) is 15.6 Å². The summed E-state index contributed by atoms with van der Waals surface area (Å²) < 4.78 is 5.04. The van der Waals surface area contributed by atoms with Gasteiger partial charge in [0, 0.05) is 32.4 Å². The van der Waals surface area contributed by atoms with Crippen LogP contribution in [0.15, 0.2) is 18.3 Å². The van der Waals surface area contributed by atoms with E-state index in [2.05, 4.69) is 4.98 Å². The third-order valence-corrected chi connectivity index (χ3v) is 2.55. The maximum Gasteiger partial charge on any atom is 0.128 e. The van der Waals surface area contributed by atoms with E-state index in [9.17, 15) is 0 Å². The molecule has 5 heteroatoms. The van der Waals surface area contributed by atoms with Gasteiger partial charge in [0.15, 0.2) is 0 Å². The van der Waals surface area contributed by atoms with Gasteiger partial charge < -0.3 is 20.5 Å². The van der Waals surface area contributed by atoms with Gasteiger partial charge in [-0.25, -0.2) is 4.98 Å². The highest BCUT2D eigenvalue weighted by Crippen LogP contribution is 2.16.